The van der Waals surface area contributed by atoms with Gasteiger partial charge in [0.25, 0.3) is 0 Å². The molecule has 100 valence electrons. The molecule has 4 nitrogen and oxygen atoms in total. The Labute approximate surface area is 122 Å². The van der Waals surface area contributed by atoms with Crippen LogP contribution in [0.15, 0.2) is 30.5 Å². The van der Waals surface area contributed by atoms with Gasteiger partial charge in [-0.1, -0.05) is 18.2 Å². The SMILES string of the molecule is N#CC(Nc1ccnc(Cl)n1)c1ccc2c(c1)CCC2. The molecule has 3 rings (SSSR count). The Morgan fingerprint density at radius 2 is 2.10 bits per heavy atom. The van der Waals surface area contributed by atoms with Gasteiger partial charge in [0.05, 0.1) is 6.07 Å². The van der Waals surface area contributed by atoms with Crippen LogP contribution in [-0.4, -0.2) is 9.97 Å². The summed E-state index contributed by atoms with van der Waals surface area (Å²) < 4.78 is 0. The zero-order chi connectivity index (χ0) is 13.9. The Hall–Kier alpha value is -2.12. The van der Waals surface area contributed by atoms with Crippen molar-refractivity contribution in [1.29, 1.82) is 5.26 Å². The van der Waals surface area contributed by atoms with E-state index in [9.17, 15) is 5.26 Å². The zero-order valence-electron chi connectivity index (χ0n) is 10.8. The number of aryl methyl sites for hydroxylation is 2. The van der Waals surface area contributed by atoms with Gasteiger partial charge in [-0.05, 0) is 53.6 Å². The van der Waals surface area contributed by atoms with Crippen molar-refractivity contribution in [3.05, 3.63) is 52.4 Å². The normalized spacial score (nSPS) is 14.4. The lowest BCUT2D eigenvalue weighted by Crippen LogP contribution is -2.10. The second kappa shape index (κ2) is 5.48. The number of benzene rings is 1. The Bertz CT molecular complexity index is 678. The molecule has 0 saturated heterocycles. The van der Waals surface area contributed by atoms with Crippen LogP contribution in [0.4, 0.5) is 5.82 Å². The molecule has 0 bridgehead atoms. The van der Waals surface area contributed by atoms with E-state index >= 15 is 0 Å². The van der Waals surface area contributed by atoms with Crippen molar-refractivity contribution in [2.75, 3.05) is 5.32 Å². The van der Waals surface area contributed by atoms with Crippen molar-refractivity contribution in [2.24, 2.45) is 0 Å². The maximum atomic E-state index is 9.37. The molecule has 1 unspecified atom stereocenters. The third-order valence-corrected chi connectivity index (χ3v) is 3.69. The van der Waals surface area contributed by atoms with Crippen molar-refractivity contribution < 1.29 is 0 Å². The summed E-state index contributed by atoms with van der Waals surface area (Å²) in [6.45, 7) is 0. The highest BCUT2D eigenvalue weighted by molar-refractivity contribution is 6.28. The number of nitriles is 1. The van der Waals surface area contributed by atoms with Crippen molar-refractivity contribution in [3.8, 4) is 6.07 Å². The molecule has 0 spiro atoms. The van der Waals surface area contributed by atoms with E-state index in [1.165, 1.54) is 17.5 Å². The average Bonchev–Trinajstić information content (AvgIpc) is 2.92. The van der Waals surface area contributed by atoms with Crippen LogP contribution in [0.3, 0.4) is 0 Å². The lowest BCUT2D eigenvalue weighted by atomic mass is 10.0. The van der Waals surface area contributed by atoms with E-state index < -0.39 is 6.04 Å². The number of rotatable bonds is 3. The van der Waals surface area contributed by atoms with E-state index in [0.29, 0.717) is 5.82 Å². The minimum Gasteiger partial charge on any atom is -0.351 e. The van der Waals surface area contributed by atoms with E-state index in [1.54, 1.807) is 12.3 Å². The highest BCUT2D eigenvalue weighted by Crippen LogP contribution is 2.26. The molecule has 0 aliphatic heterocycles. The van der Waals surface area contributed by atoms with Gasteiger partial charge in [0.15, 0.2) is 0 Å². The average molecular weight is 285 g/mol. The lowest BCUT2D eigenvalue weighted by Gasteiger charge is -2.13. The summed E-state index contributed by atoms with van der Waals surface area (Å²) in [4.78, 5) is 7.88. The molecule has 1 N–H and O–H groups in total. The highest BCUT2D eigenvalue weighted by Gasteiger charge is 2.16. The zero-order valence-corrected chi connectivity index (χ0v) is 11.6. The van der Waals surface area contributed by atoms with Gasteiger partial charge in [-0.3, -0.25) is 0 Å². The second-order valence-corrected chi connectivity index (χ2v) is 5.14. The van der Waals surface area contributed by atoms with Gasteiger partial charge in [0, 0.05) is 6.20 Å². The van der Waals surface area contributed by atoms with Gasteiger partial charge >= 0.3 is 0 Å². The molecule has 2 aromatic rings. The number of nitrogens with zero attached hydrogens (tertiary/aromatic N) is 3. The van der Waals surface area contributed by atoms with Crippen molar-refractivity contribution in [2.45, 2.75) is 25.3 Å². The summed E-state index contributed by atoms with van der Waals surface area (Å²) in [5.74, 6) is 0.553. The predicted octanol–water partition coefficient (Wildman–Crippen LogP) is 3.30. The van der Waals surface area contributed by atoms with Crippen molar-refractivity contribution in [3.63, 3.8) is 0 Å². The molecule has 1 heterocycles. The summed E-state index contributed by atoms with van der Waals surface area (Å²) in [5.41, 5.74) is 3.71. The maximum Gasteiger partial charge on any atom is 0.224 e. The van der Waals surface area contributed by atoms with Gasteiger partial charge in [-0.2, -0.15) is 5.26 Å². The summed E-state index contributed by atoms with van der Waals surface area (Å²) in [6.07, 6.45) is 5.00. The summed E-state index contributed by atoms with van der Waals surface area (Å²) in [7, 11) is 0. The first-order chi connectivity index (χ1) is 9.76. The van der Waals surface area contributed by atoms with Crippen LogP contribution in [-0.2, 0) is 12.8 Å². The maximum absolute atomic E-state index is 9.37. The van der Waals surface area contributed by atoms with Gasteiger partial charge in [-0.25, -0.2) is 9.97 Å². The first-order valence-electron chi connectivity index (χ1n) is 6.52. The molecule has 1 aliphatic carbocycles. The van der Waals surface area contributed by atoms with Crippen LogP contribution in [0.25, 0.3) is 0 Å². The van der Waals surface area contributed by atoms with Gasteiger partial charge in [0.2, 0.25) is 5.28 Å². The number of nitrogens with one attached hydrogen (secondary N) is 1. The quantitative estimate of drug-likeness (QED) is 0.879. The van der Waals surface area contributed by atoms with Crippen LogP contribution in [0, 0.1) is 11.3 Å². The third kappa shape index (κ3) is 2.59. The highest BCUT2D eigenvalue weighted by atomic mass is 35.5. The van der Waals surface area contributed by atoms with E-state index in [4.69, 9.17) is 11.6 Å². The molecule has 1 aromatic carbocycles. The molecule has 5 heteroatoms. The topological polar surface area (TPSA) is 61.6 Å². The van der Waals surface area contributed by atoms with Gasteiger partial charge < -0.3 is 5.32 Å². The smallest absolute Gasteiger partial charge is 0.224 e. The summed E-state index contributed by atoms with van der Waals surface area (Å²) in [5, 5.41) is 12.6. The fourth-order valence-corrected chi connectivity index (χ4v) is 2.67. The first kappa shape index (κ1) is 12.9. The van der Waals surface area contributed by atoms with E-state index in [2.05, 4.69) is 33.5 Å². The molecule has 1 aromatic heterocycles. The van der Waals surface area contributed by atoms with Gasteiger partial charge in [0.1, 0.15) is 11.9 Å². The van der Waals surface area contributed by atoms with Crippen LogP contribution < -0.4 is 5.32 Å². The number of anilines is 1. The molecule has 20 heavy (non-hydrogen) atoms. The van der Waals surface area contributed by atoms with E-state index in [-0.39, 0.29) is 5.28 Å². The van der Waals surface area contributed by atoms with Gasteiger partial charge in [-0.15, -0.1) is 0 Å². The Morgan fingerprint density at radius 3 is 2.90 bits per heavy atom. The lowest BCUT2D eigenvalue weighted by molar-refractivity contribution is 0.910. The van der Waals surface area contributed by atoms with Crippen LogP contribution in [0.2, 0.25) is 5.28 Å². The molecular weight excluding hydrogens is 272 g/mol. The number of aromatic nitrogens is 2. The standard InChI is InChI=1S/C15H13ClN4/c16-15-18-7-6-14(20-15)19-13(9-17)12-5-4-10-2-1-3-11(10)8-12/h4-8,13H,1-3H2,(H,18,19,20). The summed E-state index contributed by atoms with van der Waals surface area (Å²) >= 11 is 5.75. The van der Waals surface area contributed by atoms with Crippen molar-refractivity contribution in [1.82, 2.24) is 9.97 Å². The molecular formula is C15H13ClN4. The molecule has 0 fully saturated rings. The van der Waals surface area contributed by atoms with E-state index in [0.717, 1.165) is 18.4 Å². The molecule has 1 aliphatic rings. The van der Waals surface area contributed by atoms with Crippen LogP contribution in [0.1, 0.15) is 29.2 Å². The molecule has 1 atom stereocenters. The first-order valence-corrected chi connectivity index (χ1v) is 6.90. The Kier molecular flexibility index (Phi) is 3.53. The monoisotopic (exact) mass is 284 g/mol. The number of hydrogen-bond donors (Lipinski definition) is 1. The second-order valence-electron chi connectivity index (χ2n) is 4.80. The Morgan fingerprint density at radius 1 is 1.25 bits per heavy atom. The van der Waals surface area contributed by atoms with E-state index in [1.807, 2.05) is 6.07 Å². The number of halogens is 1. The summed E-state index contributed by atoms with van der Waals surface area (Å²) in [6, 6.07) is 9.77. The minimum absolute atomic E-state index is 0.167. The largest absolute Gasteiger partial charge is 0.351 e. The molecule has 0 saturated carbocycles. The van der Waals surface area contributed by atoms with Crippen molar-refractivity contribution >= 4 is 17.4 Å². The molecule has 0 amide bonds. The fourth-order valence-electron chi connectivity index (χ4n) is 2.52. The molecule has 0 radical (unpaired) electrons. The fraction of sp³-hybridized carbons (Fsp3) is 0.267. The number of hydrogen-bond acceptors (Lipinski definition) is 4. The minimum atomic E-state index is -0.438. The Balaban J connectivity index is 1.85. The van der Waals surface area contributed by atoms with Crippen LogP contribution >= 0.6 is 11.6 Å². The predicted molar refractivity (Wildman–Crippen MR) is 77.5 cm³/mol. The number of fused-ring (bicyclic) bond motifs is 1. The third-order valence-electron chi connectivity index (χ3n) is 3.50. The van der Waals surface area contributed by atoms with Crippen LogP contribution in [0.5, 0.6) is 0 Å².